The molecule has 0 radical (unpaired) electrons. The van der Waals surface area contributed by atoms with Crippen molar-refractivity contribution in [3.05, 3.63) is 24.3 Å². The third-order valence-corrected chi connectivity index (χ3v) is 0.832. The molecule has 0 saturated heterocycles. The van der Waals surface area contributed by atoms with Crippen molar-refractivity contribution in [1.29, 1.82) is 0 Å². The van der Waals surface area contributed by atoms with E-state index in [-0.39, 0.29) is 0 Å². The van der Waals surface area contributed by atoms with E-state index in [4.69, 9.17) is 0 Å². The molecule has 0 fully saturated rings. The molecule has 0 aromatic heterocycles. The van der Waals surface area contributed by atoms with Crippen molar-refractivity contribution in [3.63, 3.8) is 0 Å². The molecular formula is C12H24. The van der Waals surface area contributed by atoms with Gasteiger partial charge in [0.1, 0.15) is 0 Å². The van der Waals surface area contributed by atoms with Crippen LogP contribution in [0.4, 0.5) is 0 Å². The Morgan fingerprint density at radius 1 is 1.00 bits per heavy atom. The van der Waals surface area contributed by atoms with Gasteiger partial charge in [-0.05, 0) is 32.6 Å². The number of hydrogen-bond donors (Lipinski definition) is 0. The van der Waals surface area contributed by atoms with E-state index >= 15 is 0 Å². The molecule has 0 aliphatic carbocycles. The predicted molar refractivity (Wildman–Crippen MR) is 59.4 cm³/mol. The standard InChI is InChI=1S/C8H16.C4H8/c1-7(2)6-8(3,4)5;1-4(2)3/h1,6H2,2-5H3;1H2,2-3H3. The lowest BCUT2D eigenvalue weighted by molar-refractivity contribution is 0.410. The summed E-state index contributed by atoms with van der Waals surface area (Å²) in [4.78, 5) is 0. The van der Waals surface area contributed by atoms with Gasteiger partial charge in [-0.1, -0.05) is 31.9 Å². The second kappa shape index (κ2) is 6.05. The Bertz CT molecular complexity index is 140. The number of rotatable bonds is 1. The Labute approximate surface area is 78.4 Å². The average Bonchev–Trinajstić information content (AvgIpc) is 1.52. The van der Waals surface area contributed by atoms with Crippen molar-refractivity contribution in [2.45, 2.75) is 48.0 Å². The molecule has 0 rings (SSSR count). The molecule has 0 aliphatic heterocycles. The lowest BCUT2D eigenvalue weighted by atomic mass is 9.89. The molecular weight excluding hydrogens is 144 g/mol. The van der Waals surface area contributed by atoms with Gasteiger partial charge in [-0.3, -0.25) is 0 Å². The molecule has 0 saturated carbocycles. The molecule has 0 bridgehead atoms. The van der Waals surface area contributed by atoms with E-state index in [1.807, 2.05) is 13.8 Å². The SMILES string of the molecule is C=C(C)C.C=C(C)CC(C)(C)C. The maximum absolute atomic E-state index is 3.84. The molecule has 0 aliphatic rings. The van der Waals surface area contributed by atoms with Gasteiger partial charge in [0.25, 0.3) is 0 Å². The molecule has 0 aromatic rings. The van der Waals surface area contributed by atoms with Crippen LogP contribution in [-0.2, 0) is 0 Å². The maximum Gasteiger partial charge on any atom is -0.0277 e. The van der Waals surface area contributed by atoms with Crippen LogP contribution in [0.5, 0.6) is 0 Å². The molecule has 0 heteroatoms. The van der Waals surface area contributed by atoms with E-state index in [0.717, 1.165) is 6.42 Å². The smallest absolute Gasteiger partial charge is 0.0277 e. The van der Waals surface area contributed by atoms with Crippen LogP contribution in [0.3, 0.4) is 0 Å². The topological polar surface area (TPSA) is 0 Å². The van der Waals surface area contributed by atoms with E-state index in [2.05, 4.69) is 40.9 Å². The molecule has 0 nitrogen and oxygen atoms in total. The predicted octanol–water partition coefficient (Wildman–Crippen LogP) is 4.58. The first-order valence-corrected chi connectivity index (χ1v) is 4.41. The first-order chi connectivity index (χ1) is 5.15. The third kappa shape index (κ3) is 34.0. The van der Waals surface area contributed by atoms with E-state index in [9.17, 15) is 0 Å². The van der Waals surface area contributed by atoms with Crippen molar-refractivity contribution in [2.75, 3.05) is 0 Å². The van der Waals surface area contributed by atoms with Crippen LogP contribution < -0.4 is 0 Å². The summed E-state index contributed by atoms with van der Waals surface area (Å²) < 4.78 is 0. The number of hydrogen-bond acceptors (Lipinski definition) is 0. The van der Waals surface area contributed by atoms with Crippen molar-refractivity contribution < 1.29 is 0 Å². The fourth-order valence-corrected chi connectivity index (χ4v) is 0.905. The largest absolute Gasteiger partial charge is 0.100 e. The van der Waals surface area contributed by atoms with Crippen LogP contribution in [-0.4, -0.2) is 0 Å². The number of allylic oxidation sites excluding steroid dienone is 2. The second-order valence-electron chi connectivity index (χ2n) is 4.90. The van der Waals surface area contributed by atoms with E-state index in [1.165, 1.54) is 11.1 Å². The van der Waals surface area contributed by atoms with Crippen LogP contribution in [0.2, 0.25) is 0 Å². The quantitative estimate of drug-likeness (QED) is 0.503. The summed E-state index contributed by atoms with van der Waals surface area (Å²) in [6, 6.07) is 0. The fourth-order valence-electron chi connectivity index (χ4n) is 0.905. The van der Waals surface area contributed by atoms with E-state index in [0.29, 0.717) is 5.41 Å². The van der Waals surface area contributed by atoms with Crippen LogP contribution in [0.1, 0.15) is 48.0 Å². The average molecular weight is 168 g/mol. The summed E-state index contributed by atoms with van der Waals surface area (Å²) in [5.74, 6) is 0. The Morgan fingerprint density at radius 2 is 1.25 bits per heavy atom. The van der Waals surface area contributed by atoms with Gasteiger partial charge in [-0.25, -0.2) is 0 Å². The van der Waals surface area contributed by atoms with Gasteiger partial charge in [0.2, 0.25) is 0 Å². The highest BCUT2D eigenvalue weighted by Gasteiger charge is 2.08. The highest BCUT2D eigenvalue weighted by Crippen LogP contribution is 2.22. The summed E-state index contributed by atoms with van der Waals surface area (Å²) in [5, 5.41) is 0. The Balaban J connectivity index is 0. The summed E-state index contributed by atoms with van der Waals surface area (Å²) >= 11 is 0. The summed E-state index contributed by atoms with van der Waals surface area (Å²) in [7, 11) is 0. The van der Waals surface area contributed by atoms with Gasteiger partial charge in [0, 0.05) is 0 Å². The van der Waals surface area contributed by atoms with E-state index in [1.54, 1.807) is 0 Å². The van der Waals surface area contributed by atoms with Crippen molar-refractivity contribution in [2.24, 2.45) is 5.41 Å². The van der Waals surface area contributed by atoms with Gasteiger partial charge >= 0.3 is 0 Å². The normalized spacial score (nSPS) is 9.83. The Hall–Kier alpha value is -0.520. The van der Waals surface area contributed by atoms with Crippen molar-refractivity contribution in [1.82, 2.24) is 0 Å². The minimum atomic E-state index is 0.422. The van der Waals surface area contributed by atoms with Gasteiger partial charge in [-0.2, -0.15) is 0 Å². The van der Waals surface area contributed by atoms with Crippen LogP contribution >= 0.6 is 0 Å². The summed E-state index contributed by atoms with van der Waals surface area (Å²) in [5.41, 5.74) is 2.86. The van der Waals surface area contributed by atoms with E-state index < -0.39 is 0 Å². The lowest BCUT2D eigenvalue weighted by Crippen LogP contribution is -2.03. The van der Waals surface area contributed by atoms with Gasteiger partial charge < -0.3 is 0 Å². The minimum absolute atomic E-state index is 0.422. The van der Waals surface area contributed by atoms with Gasteiger partial charge in [-0.15, -0.1) is 13.2 Å². The molecule has 0 spiro atoms. The highest BCUT2D eigenvalue weighted by molar-refractivity contribution is 4.91. The zero-order valence-electron chi connectivity index (χ0n) is 9.62. The van der Waals surface area contributed by atoms with Crippen molar-refractivity contribution in [3.8, 4) is 0 Å². The Morgan fingerprint density at radius 3 is 1.25 bits per heavy atom. The van der Waals surface area contributed by atoms with Gasteiger partial charge in [0.05, 0.1) is 0 Å². The molecule has 0 unspecified atom stereocenters. The molecule has 0 aromatic carbocycles. The second-order valence-corrected chi connectivity index (χ2v) is 4.90. The zero-order chi connectivity index (χ0) is 10.4. The molecule has 0 heterocycles. The first-order valence-electron chi connectivity index (χ1n) is 4.41. The zero-order valence-corrected chi connectivity index (χ0v) is 9.62. The summed E-state index contributed by atoms with van der Waals surface area (Å²) in [6.07, 6.45) is 1.13. The summed E-state index contributed by atoms with van der Waals surface area (Å²) in [6.45, 7) is 20.1. The van der Waals surface area contributed by atoms with Crippen LogP contribution in [0, 0.1) is 5.41 Å². The van der Waals surface area contributed by atoms with Gasteiger partial charge in [0.15, 0.2) is 0 Å². The molecule has 0 N–H and O–H groups in total. The van der Waals surface area contributed by atoms with Crippen LogP contribution in [0.15, 0.2) is 24.3 Å². The molecule has 72 valence electrons. The highest BCUT2D eigenvalue weighted by atomic mass is 14.1. The van der Waals surface area contributed by atoms with Crippen LogP contribution in [0.25, 0.3) is 0 Å². The fraction of sp³-hybridized carbons (Fsp3) is 0.667. The third-order valence-electron chi connectivity index (χ3n) is 0.832. The first kappa shape index (κ1) is 14.0. The lowest BCUT2D eigenvalue weighted by Gasteiger charge is -2.17. The maximum atomic E-state index is 3.84. The monoisotopic (exact) mass is 168 g/mol. The Kier molecular flexibility index (Phi) is 7.07. The minimum Gasteiger partial charge on any atom is -0.100 e. The van der Waals surface area contributed by atoms with Crippen molar-refractivity contribution >= 4 is 0 Å². The molecule has 12 heavy (non-hydrogen) atoms. The molecule has 0 amide bonds. The molecule has 0 atom stereocenters.